The number of methoxy groups -OCH3 is 1. The molecule has 1 N–H and O–H groups in total. The highest BCUT2D eigenvalue weighted by atomic mass is 35.5. The number of nitrogens with one attached hydrogen (secondary N) is 1. The van der Waals surface area contributed by atoms with E-state index in [0.717, 1.165) is 24.6 Å². The van der Waals surface area contributed by atoms with Gasteiger partial charge in [-0.3, -0.25) is 0 Å². The number of hydrogen-bond donors (Lipinski definition) is 0. The molecular formula is C26H24Cl2F2NO5S+. The fourth-order valence-electron chi connectivity index (χ4n) is 3.54. The summed E-state index contributed by atoms with van der Waals surface area (Å²) < 4.78 is 47.6. The van der Waals surface area contributed by atoms with Gasteiger partial charge in [0.1, 0.15) is 21.9 Å². The second kappa shape index (κ2) is 12.7. The van der Waals surface area contributed by atoms with Crippen molar-refractivity contribution in [2.75, 3.05) is 13.7 Å². The van der Waals surface area contributed by atoms with Gasteiger partial charge in [0.2, 0.25) is 0 Å². The number of pyridine rings is 1. The minimum Gasteiger partial charge on any atom is -0.496 e. The number of carbonyl (C=O) groups is 1. The molecule has 0 spiro atoms. The fraction of sp³-hybridized carbons (Fsp3) is 0.308. The van der Waals surface area contributed by atoms with Gasteiger partial charge in [-0.25, -0.2) is 9.78 Å². The second-order valence-electron chi connectivity index (χ2n) is 8.28. The van der Waals surface area contributed by atoms with E-state index in [-0.39, 0.29) is 17.9 Å². The van der Waals surface area contributed by atoms with Gasteiger partial charge in [-0.15, -0.1) is 0 Å². The van der Waals surface area contributed by atoms with Crippen molar-refractivity contribution in [3.63, 3.8) is 0 Å². The summed E-state index contributed by atoms with van der Waals surface area (Å²) in [5.41, 5.74) is 1.05. The normalized spacial score (nSPS) is 13.8. The lowest BCUT2D eigenvalue weighted by Crippen LogP contribution is -2.14. The van der Waals surface area contributed by atoms with Crippen molar-refractivity contribution in [2.24, 2.45) is 5.92 Å². The molecule has 0 saturated heterocycles. The van der Waals surface area contributed by atoms with E-state index < -0.39 is 18.0 Å². The third-order valence-corrected chi connectivity index (χ3v) is 7.11. The molecule has 2 aromatic carbocycles. The predicted octanol–water partition coefficient (Wildman–Crippen LogP) is 7.42. The SMILES string of the molecule is COc1ccccc1SC(=O)O[C@@H](Cc1c(Cl)c[nH+]cc1Cl)c1ccc(OC(F)F)c(OCC2CC2)c1. The van der Waals surface area contributed by atoms with E-state index in [9.17, 15) is 13.6 Å². The first-order chi connectivity index (χ1) is 17.8. The van der Waals surface area contributed by atoms with Crippen LogP contribution in [0.5, 0.6) is 17.2 Å². The Balaban J connectivity index is 1.64. The number of alkyl halides is 2. The van der Waals surface area contributed by atoms with Crippen molar-refractivity contribution < 1.29 is 37.5 Å². The molecule has 1 atom stereocenters. The van der Waals surface area contributed by atoms with Crippen LogP contribution in [0.25, 0.3) is 0 Å². The Kier molecular flexibility index (Phi) is 9.34. The van der Waals surface area contributed by atoms with Crippen LogP contribution < -0.4 is 19.2 Å². The summed E-state index contributed by atoms with van der Waals surface area (Å²) in [7, 11) is 1.51. The number of H-pyrrole nitrogens is 1. The maximum Gasteiger partial charge on any atom is 0.387 e. The molecule has 3 aromatic rings. The Morgan fingerprint density at radius 3 is 2.49 bits per heavy atom. The Labute approximate surface area is 227 Å². The molecule has 0 bridgehead atoms. The average Bonchev–Trinajstić information content (AvgIpc) is 3.69. The Morgan fingerprint density at radius 1 is 1.08 bits per heavy atom. The maximum absolute atomic E-state index is 13.0. The van der Waals surface area contributed by atoms with Crippen LogP contribution in [0.1, 0.15) is 30.1 Å². The molecule has 11 heteroatoms. The molecular weight excluding hydrogens is 547 g/mol. The summed E-state index contributed by atoms with van der Waals surface area (Å²) in [6.45, 7) is -2.64. The number of hydrogen-bond acceptors (Lipinski definition) is 6. The van der Waals surface area contributed by atoms with Gasteiger partial charge in [-0.05, 0) is 60.4 Å². The van der Waals surface area contributed by atoms with E-state index in [1.54, 1.807) is 48.8 Å². The Bertz CT molecular complexity index is 1230. The molecule has 1 aromatic heterocycles. The minimum absolute atomic E-state index is 0.0988. The number of aromatic nitrogens is 1. The first kappa shape index (κ1) is 27.3. The monoisotopic (exact) mass is 570 g/mol. The van der Waals surface area contributed by atoms with Crippen molar-refractivity contribution in [1.29, 1.82) is 0 Å². The molecule has 1 aliphatic rings. The topological polar surface area (TPSA) is 68.1 Å². The molecule has 0 aliphatic heterocycles. The zero-order valence-electron chi connectivity index (χ0n) is 19.7. The largest absolute Gasteiger partial charge is 0.496 e. The lowest BCUT2D eigenvalue weighted by Gasteiger charge is -2.21. The lowest BCUT2D eigenvalue weighted by molar-refractivity contribution is -0.377. The van der Waals surface area contributed by atoms with Gasteiger partial charge in [0.05, 0.1) is 18.6 Å². The highest BCUT2D eigenvalue weighted by Crippen LogP contribution is 2.39. The van der Waals surface area contributed by atoms with Crippen molar-refractivity contribution in [2.45, 2.75) is 36.9 Å². The van der Waals surface area contributed by atoms with Crippen LogP contribution in [0, 0.1) is 5.92 Å². The van der Waals surface area contributed by atoms with Crippen LogP contribution in [0.2, 0.25) is 10.0 Å². The maximum atomic E-state index is 13.0. The number of halogens is 4. The number of thioether (sulfide) groups is 1. The predicted molar refractivity (Wildman–Crippen MR) is 136 cm³/mol. The van der Waals surface area contributed by atoms with E-state index in [0.29, 0.717) is 44.3 Å². The number of aromatic amines is 1. The average molecular weight is 571 g/mol. The van der Waals surface area contributed by atoms with E-state index in [1.165, 1.54) is 13.2 Å². The van der Waals surface area contributed by atoms with Gasteiger partial charge in [0.15, 0.2) is 23.9 Å². The quantitative estimate of drug-likeness (QED) is 0.176. The van der Waals surface area contributed by atoms with Crippen LogP contribution in [-0.4, -0.2) is 25.6 Å². The molecule has 196 valence electrons. The van der Waals surface area contributed by atoms with Crippen LogP contribution >= 0.6 is 35.0 Å². The molecule has 1 fully saturated rings. The minimum atomic E-state index is -3.02. The number of benzene rings is 2. The lowest BCUT2D eigenvalue weighted by atomic mass is 10.0. The summed E-state index contributed by atoms with van der Waals surface area (Å²) in [6.07, 6.45) is 4.43. The van der Waals surface area contributed by atoms with Gasteiger partial charge in [0.25, 0.3) is 0 Å². The highest BCUT2D eigenvalue weighted by Gasteiger charge is 2.26. The molecule has 6 nitrogen and oxygen atoms in total. The molecule has 4 rings (SSSR count). The van der Waals surface area contributed by atoms with Crippen molar-refractivity contribution in [3.8, 4) is 17.2 Å². The number of para-hydroxylation sites is 1. The van der Waals surface area contributed by atoms with E-state index >= 15 is 0 Å². The molecule has 1 saturated carbocycles. The van der Waals surface area contributed by atoms with Crippen LogP contribution in [0.3, 0.4) is 0 Å². The first-order valence-electron chi connectivity index (χ1n) is 11.4. The zero-order chi connectivity index (χ0) is 26.4. The number of carbonyl (C=O) groups excluding carboxylic acids is 1. The fourth-order valence-corrected chi connectivity index (χ4v) is 4.82. The van der Waals surface area contributed by atoms with Gasteiger partial charge in [-0.1, -0.05) is 41.4 Å². The number of ether oxygens (including phenoxy) is 4. The second-order valence-corrected chi connectivity index (χ2v) is 10.1. The zero-order valence-corrected chi connectivity index (χ0v) is 22.0. The Morgan fingerprint density at radius 2 is 1.81 bits per heavy atom. The summed E-state index contributed by atoms with van der Waals surface area (Å²) in [6, 6.07) is 11.5. The van der Waals surface area contributed by atoms with Gasteiger partial charge in [-0.2, -0.15) is 8.78 Å². The van der Waals surface area contributed by atoms with Crippen LogP contribution in [-0.2, 0) is 11.2 Å². The summed E-state index contributed by atoms with van der Waals surface area (Å²) in [5.74, 6) is 0.946. The van der Waals surface area contributed by atoms with Gasteiger partial charge >= 0.3 is 11.9 Å². The standard InChI is InChI=1S/C26H23Cl2F2NO5S/c1-33-21-4-2-3-5-24(21)37-26(32)36-22(11-17-18(27)12-31-13-19(17)28)16-8-9-20(35-25(29)30)23(10-16)34-14-15-6-7-15/h2-5,8-10,12-13,15,22,25H,6-7,11,14H2,1H3/p+1/t22-/m0/s1. The molecule has 0 unspecified atom stereocenters. The molecule has 37 heavy (non-hydrogen) atoms. The Hall–Kier alpha value is -2.75. The van der Waals surface area contributed by atoms with E-state index in [1.807, 2.05) is 0 Å². The third-order valence-electron chi connectivity index (χ3n) is 5.61. The number of rotatable bonds is 11. The first-order valence-corrected chi connectivity index (χ1v) is 13.0. The molecule has 0 radical (unpaired) electrons. The third kappa shape index (κ3) is 7.63. The van der Waals surface area contributed by atoms with Gasteiger partial charge < -0.3 is 18.9 Å². The van der Waals surface area contributed by atoms with Crippen LogP contribution in [0.4, 0.5) is 13.6 Å². The van der Waals surface area contributed by atoms with Crippen molar-refractivity contribution in [1.82, 2.24) is 0 Å². The highest BCUT2D eigenvalue weighted by molar-refractivity contribution is 8.13. The molecule has 0 amide bonds. The van der Waals surface area contributed by atoms with Crippen molar-refractivity contribution >= 4 is 40.3 Å². The van der Waals surface area contributed by atoms with Gasteiger partial charge in [0, 0.05) is 12.0 Å². The molecule has 1 heterocycles. The van der Waals surface area contributed by atoms with E-state index in [4.69, 9.17) is 37.4 Å². The smallest absolute Gasteiger partial charge is 0.387 e. The molecule has 1 aliphatic carbocycles. The summed E-state index contributed by atoms with van der Waals surface area (Å²) >= 11 is 13.6. The van der Waals surface area contributed by atoms with Crippen LogP contribution in [0.15, 0.2) is 59.8 Å². The van der Waals surface area contributed by atoms with E-state index in [2.05, 4.69) is 9.72 Å². The summed E-state index contributed by atoms with van der Waals surface area (Å²) in [4.78, 5) is 16.4. The van der Waals surface area contributed by atoms with Crippen molar-refractivity contribution in [3.05, 3.63) is 76.0 Å². The summed E-state index contributed by atoms with van der Waals surface area (Å²) in [5, 5.41) is 0.111.